The van der Waals surface area contributed by atoms with Gasteiger partial charge in [-0.1, -0.05) is 42.5 Å². The highest BCUT2D eigenvalue weighted by Gasteiger charge is 2.35. The average Bonchev–Trinajstić information content (AvgIpc) is 2.78. The molecule has 164 valence electrons. The maximum Gasteiger partial charge on any atom is 0.244 e. The Balaban J connectivity index is 1.33. The topological polar surface area (TPSA) is 86.8 Å². The second-order valence-corrected chi connectivity index (χ2v) is 10.2. The van der Waals surface area contributed by atoms with E-state index in [1.807, 2.05) is 48.5 Å². The van der Waals surface area contributed by atoms with E-state index in [-0.39, 0.29) is 30.0 Å². The number of carbonyl (C=O) groups is 2. The lowest BCUT2D eigenvalue weighted by Crippen LogP contribution is -2.48. The number of sulfonamides is 1. The fourth-order valence-electron chi connectivity index (χ4n) is 4.26. The summed E-state index contributed by atoms with van der Waals surface area (Å²) in [4.78, 5) is 26.7. The third kappa shape index (κ3) is 4.97. The molecule has 0 bridgehead atoms. The fraction of sp³-hybridized carbons (Fsp3) is 0.391. The van der Waals surface area contributed by atoms with Crippen molar-refractivity contribution in [2.24, 2.45) is 5.92 Å². The van der Waals surface area contributed by atoms with Gasteiger partial charge in [0, 0.05) is 19.0 Å². The number of para-hydroxylation sites is 2. The van der Waals surface area contributed by atoms with Gasteiger partial charge in [-0.2, -0.15) is 0 Å². The van der Waals surface area contributed by atoms with Crippen molar-refractivity contribution in [2.45, 2.75) is 25.7 Å². The summed E-state index contributed by atoms with van der Waals surface area (Å²) < 4.78 is 27.0. The molecular weight excluding hydrogens is 414 g/mol. The summed E-state index contributed by atoms with van der Waals surface area (Å²) in [5.41, 5.74) is 2.46. The van der Waals surface area contributed by atoms with Gasteiger partial charge >= 0.3 is 0 Å². The maximum absolute atomic E-state index is 13.1. The standard InChI is InChI=1S/C23H27N3O4S/c27-22-17-26(21-11-5-4-10-20(21)24-22)23(28)19-12-14-25(15-13-19)31(29,30)16-6-9-18-7-2-1-3-8-18/h1-5,7-8,10-11,19H,6,9,12-17H2,(H,24,27). The first-order valence-corrected chi connectivity index (χ1v) is 12.3. The van der Waals surface area contributed by atoms with Gasteiger partial charge in [0.05, 0.1) is 17.1 Å². The van der Waals surface area contributed by atoms with E-state index in [4.69, 9.17) is 0 Å². The number of fused-ring (bicyclic) bond motifs is 1. The summed E-state index contributed by atoms with van der Waals surface area (Å²) in [5, 5.41) is 2.79. The number of rotatable bonds is 6. The van der Waals surface area contributed by atoms with Crippen molar-refractivity contribution in [1.82, 2.24) is 4.31 Å². The largest absolute Gasteiger partial charge is 0.323 e. The fourth-order valence-corrected chi connectivity index (χ4v) is 5.80. The van der Waals surface area contributed by atoms with Gasteiger partial charge in [0.15, 0.2) is 0 Å². The van der Waals surface area contributed by atoms with E-state index in [0.717, 1.165) is 12.0 Å². The molecule has 2 amide bonds. The van der Waals surface area contributed by atoms with E-state index in [0.29, 0.717) is 43.7 Å². The Kier molecular flexibility index (Phi) is 6.38. The molecule has 1 saturated heterocycles. The minimum absolute atomic E-state index is 0.00611. The van der Waals surface area contributed by atoms with E-state index < -0.39 is 10.0 Å². The SMILES string of the molecule is O=C1CN(C(=O)C2CCN(S(=O)(=O)CCCc3ccccc3)CC2)c2ccccc2N1. The second-order valence-electron chi connectivity index (χ2n) is 8.07. The van der Waals surface area contributed by atoms with Gasteiger partial charge in [-0.25, -0.2) is 12.7 Å². The van der Waals surface area contributed by atoms with Crippen LogP contribution in [0.3, 0.4) is 0 Å². The molecule has 1 N–H and O–H groups in total. The van der Waals surface area contributed by atoms with Gasteiger partial charge in [-0.3, -0.25) is 9.59 Å². The Bertz CT molecular complexity index is 1050. The van der Waals surface area contributed by atoms with Crippen LogP contribution >= 0.6 is 0 Å². The van der Waals surface area contributed by atoms with E-state index in [1.165, 1.54) is 9.21 Å². The molecule has 2 aliphatic heterocycles. The van der Waals surface area contributed by atoms with Gasteiger partial charge in [-0.15, -0.1) is 0 Å². The van der Waals surface area contributed by atoms with Crippen molar-refractivity contribution in [1.29, 1.82) is 0 Å². The van der Waals surface area contributed by atoms with Crippen LogP contribution in [0.15, 0.2) is 54.6 Å². The molecule has 4 rings (SSSR count). The Morgan fingerprint density at radius 2 is 1.68 bits per heavy atom. The molecule has 0 atom stereocenters. The summed E-state index contributed by atoms with van der Waals surface area (Å²) >= 11 is 0. The summed E-state index contributed by atoms with van der Waals surface area (Å²) in [5.74, 6) is -0.496. The van der Waals surface area contributed by atoms with E-state index in [9.17, 15) is 18.0 Å². The minimum atomic E-state index is -3.34. The van der Waals surface area contributed by atoms with Crippen LogP contribution in [0.1, 0.15) is 24.8 Å². The quantitative estimate of drug-likeness (QED) is 0.747. The Morgan fingerprint density at radius 1 is 1.00 bits per heavy atom. The van der Waals surface area contributed by atoms with Crippen LogP contribution in [0.5, 0.6) is 0 Å². The Hall–Kier alpha value is -2.71. The lowest BCUT2D eigenvalue weighted by molar-refractivity contribution is -0.125. The number of anilines is 2. The molecule has 0 spiro atoms. The molecule has 2 aromatic carbocycles. The molecule has 0 radical (unpaired) electrons. The van der Waals surface area contributed by atoms with Gasteiger partial charge < -0.3 is 10.2 Å². The Morgan fingerprint density at radius 3 is 2.42 bits per heavy atom. The smallest absolute Gasteiger partial charge is 0.244 e. The predicted octanol–water partition coefficient (Wildman–Crippen LogP) is 2.65. The number of amides is 2. The van der Waals surface area contributed by atoms with E-state index in [2.05, 4.69) is 5.32 Å². The van der Waals surface area contributed by atoms with Crippen molar-refractivity contribution in [2.75, 3.05) is 35.6 Å². The molecule has 0 unspecified atom stereocenters. The zero-order valence-corrected chi connectivity index (χ0v) is 18.2. The molecule has 8 heteroatoms. The molecule has 31 heavy (non-hydrogen) atoms. The number of piperidine rings is 1. The van der Waals surface area contributed by atoms with Crippen molar-refractivity contribution >= 4 is 33.2 Å². The van der Waals surface area contributed by atoms with Crippen molar-refractivity contribution in [3.8, 4) is 0 Å². The van der Waals surface area contributed by atoms with E-state index in [1.54, 1.807) is 6.07 Å². The summed E-state index contributed by atoms with van der Waals surface area (Å²) in [7, 11) is -3.34. The zero-order chi connectivity index (χ0) is 21.8. The number of hydrogen-bond donors (Lipinski definition) is 1. The number of carbonyl (C=O) groups excluding carboxylic acids is 2. The summed E-state index contributed by atoms with van der Waals surface area (Å²) in [6.07, 6.45) is 2.24. The number of nitrogens with zero attached hydrogens (tertiary/aromatic N) is 2. The number of hydrogen-bond acceptors (Lipinski definition) is 4. The molecule has 1 fully saturated rings. The van der Waals surface area contributed by atoms with Gasteiger partial charge in [0.25, 0.3) is 0 Å². The van der Waals surface area contributed by atoms with Crippen LogP contribution in [0, 0.1) is 5.92 Å². The molecule has 0 aromatic heterocycles. The molecule has 2 aliphatic rings. The van der Waals surface area contributed by atoms with Gasteiger partial charge in [0.2, 0.25) is 21.8 Å². The lowest BCUT2D eigenvalue weighted by Gasteiger charge is -2.35. The highest BCUT2D eigenvalue weighted by Crippen LogP contribution is 2.32. The third-order valence-electron chi connectivity index (χ3n) is 5.94. The predicted molar refractivity (Wildman–Crippen MR) is 120 cm³/mol. The molecule has 2 aromatic rings. The van der Waals surface area contributed by atoms with Crippen molar-refractivity contribution in [3.05, 3.63) is 60.2 Å². The van der Waals surface area contributed by atoms with Crippen LogP contribution in [0.25, 0.3) is 0 Å². The van der Waals surface area contributed by atoms with Crippen LogP contribution < -0.4 is 10.2 Å². The molecule has 7 nitrogen and oxygen atoms in total. The normalized spacial score (nSPS) is 17.8. The van der Waals surface area contributed by atoms with Crippen LogP contribution in [0.2, 0.25) is 0 Å². The number of aryl methyl sites for hydroxylation is 1. The first kappa shape index (κ1) is 21.5. The van der Waals surface area contributed by atoms with Gasteiger partial charge in [0.1, 0.15) is 6.54 Å². The van der Waals surface area contributed by atoms with E-state index >= 15 is 0 Å². The summed E-state index contributed by atoms with van der Waals surface area (Å²) in [6.45, 7) is 0.672. The maximum atomic E-state index is 13.1. The molecular formula is C23H27N3O4S. The lowest BCUT2D eigenvalue weighted by atomic mass is 9.95. The molecule has 2 heterocycles. The third-order valence-corrected chi connectivity index (χ3v) is 7.90. The number of nitrogens with one attached hydrogen (secondary N) is 1. The highest BCUT2D eigenvalue weighted by molar-refractivity contribution is 7.89. The first-order chi connectivity index (χ1) is 14.9. The average molecular weight is 442 g/mol. The minimum Gasteiger partial charge on any atom is -0.323 e. The number of benzene rings is 2. The first-order valence-electron chi connectivity index (χ1n) is 10.7. The zero-order valence-electron chi connectivity index (χ0n) is 17.4. The molecule has 0 saturated carbocycles. The van der Waals surface area contributed by atoms with Crippen molar-refractivity contribution in [3.63, 3.8) is 0 Å². The summed E-state index contributed by atoms with van der Waals surface area (Å²) in [6, 6.07) is 17.1. The second kappa shape index (κ2) is 9.20. The van der Waals surface area contributed by atoms with Crippen LogP contribution in [-0.2, 0) is 26.0 Å². The van der Waals surface area contributed by atoms with Crippen LogP contribution in [-0.4, -0.2) is 49.9 Å². The monoisotopic (exact) mass is 441 g/mol. The van der Waals surface area contributed by atoms with Crippen LogP contribution in [0.4, 0.5) is 11.4 Å². The van der Waals surface area contributed by atoms with Gasteiger partial charge in [-0.05, 0) is 43.4 Å². The Labute approximate surface area is 183 Å². The molecule has 0 aliphatic carbocycles. The van der Waals surface area contributed by atoms with Crippen molar-refractivity contribution < 1.29 is 18.0 Å². The highest BCUT2D eigenvalue weighted by atomic mass is 32.2.